The monoisotopic (exact) mass is 344 g/mol. The van der Waals surface area contributed by atoms with Crippen LogP contribution >= 0.6 is 27.5 Å². The van der Waals surface area contributed by atoms with Crippen molar-refractivity contribution in [3.63, 3.8) is 0 Å². The summed E-state index contributed by atoms with van der Waals surface area (Å²) in [5.41, 5.74) is 7.08. The Morgan fingerprint density at radius 3 is 2.84 bits per heavy atom. The molecule has 0 heterocycles. The van der Waals surface area contributed by atoms with Gasteiger partial charge in [0.1, 0.15) is 0 Å². The molecule has 106 valence electrons. The molecule has 1 aromatic carbocycles. The maximum absolute atomic E-state index is 6.36. The Morgan fingerprint density at radius 1 is 1.47 bits per heavy atom. The topological polar surface area (TPSA) is 29.3 Å². The lowest BCUT2D eigenvalue weighted by molar-refractivity contribution is 0.152. The Balaban J connectivity index is 2.16. The highest BCUT2D eigenvalue weighted by Crippen LogP contribution is 2.35. The van der Waals surface area contributed by atoms with E-state index in [-0.39, 0.29) is 0 Å². The van der Waals surface area contributed by atoms with Crippen molar-refractivity contribution >= 4 is 27.5 Å². The first-order chi connectivity index (χ1) is 9.04. The van der Waals surface area contributed by atoms with Crippen LogP contribution < -0.4 is 5.73 Å². The number of nitrogens with zero attached hydrogens (tertiary/aromatic N) is 1. The number of nitrogens with two attached hydrogens (primary N) is 1. The molecule has 2 N–H and O–H groups in total. The predicted molar refractivity (Wildman–Crippen MR) is 85.5 cm³/mol. The SMILES string of the molecule is CC(c1ccc(Br)cc1Cl)N(C)C1CCCC1CN. The highest BCUT2D eigenvalue weighted by Gasteiger charge is 2.32. The summed E-state index contributed by atoms with van der Waals surface area (Å²) in [4.78, 5) is 2.44. The molecule has 1 saturated carbocycles. The molecule has 19 heavy (non-hydrogen) atoms. The van der Waals surface area contributed by atoms with E-state index in [1.165, 1.54) is 24.8 Å². The molecule has 0 aromatic heterocycles. The maximum atomic E-state index is 6.36. The van der Waals surface area contributed by atoms with Gasteiger partial charge in [-0.2, -0.15) is 0 Å². The van der Waals surface area contributed by atoms with Gasteiger partial charge in [-0.1, -0.05) is 40.0 Å². The Hall–Kier alpha value is -0.0900. The van der Waals surface area contributed by atoms with Gasteiger partial charge in [-0.15, -0.1) is 0 Å². The van der Waals surface area contributed by atoms with Crippen molar-refractivity contribution in [2.45, 2.75) is 38.3 Å². The Bertz CT molecular complexity index is 438. The summed E-state index contributed by atoms with van der Waals surface area (Å²) >= 11 is 9.82. The summed E-state index contributed by atoms with van der Waals surface area (Å²) in [5.74, 6) is 0.627. The summed E-state index contributed by atoms with van der Waals surface area (Å²) in [6, 6.07) is 7.04. The van der Waals surface area contributed by atoms with Crippen LogP contribution in [0, 0.1) is 5.92 Å². The van der Waals surface area contributed by atoms with Crippen LogP contribution in [0.1, 0.15) is 37.8 Å². The third-order valence-electron chi connectivity index (χ3n) is 4.47. The minimum atomic E-state index is 0.317. The number of halogens is 2. The second-order valence-corrected chi connectivity index (χ2v) is 6.82. The zero-order valence-electron chi connectivity index (χ0n) is 11.6. The molecule has 0 saturated heterocycles. The van der Waals surface area contributed by atoms with Gasteiger partial charge in [0.25, 0.3) is 0 Å². The fourth-order valence-electron chi connectivity index (χ4n) is 3.18. The number of benzene rings is 1. The Labute approximate surface area is 129 Å². The summed E-state index contributed by atoms with van der Waals surface area (Å²) in [5, 5.41) is 0.830. The zero-order chi connectivity index (χ0) is 14.0. The molecule has 2 nitrogen and oxygen atoms in total. The lowest BCUT2D eigenvalue weighted by Gasteiger charge is -2.34. The van der Waals surface area contributed by atoms with Gasteiger partial charge in [0.15, 0.2) is 0 Å². The van der Waals surface area contributed by atoms with Crippen LogP contribution in [0.15, 0.2) is 22.7 Å². The third kappa shape index (κ3) is 3.33. The van der Waals surface area contributed by atoms with Crippen LogP contribution in [0.2, 0.25) is 5.02 Å². The van der Waals surface area contributed by atoms with Crippen molar-refractivity contribution in [3.05, 3.63) is 33.3 Å². The average molecular weight is 346 g/mol. The number of hydrogen-bond acceptors (Lipinski definition) is 2. The van der Waals surface area contributed by atoms with Gasteiger partial charge in [-0.3, -0.25) is 4.90 Å². The van der Waals surface area contributed by atoms with E-state index in [2.05, 4.69) is 46.9 Å². The van der Waals surface area contributed by atoms with E-state index in [0.29, 0.717) is 18.0 Å². The van der Waals surface area contributed by atoms with E-state index in [1.807, 2.05) is 6.07 Å². The maximum Gasteiger partial charge on any atom is 0.0464 e. The van der Waals surface area contributed by atoms with E-state index in [0.717, 1.165) is 16.0 Å². The van der Waals surface area contributed by atoms with Crippen LogP contribution in [-0.2, 0) is 0 Å². The quantitative estimate of drug-likeness (QED) is 0.885. The van der Waals surface area contributed by atoms with Gasteiger partial charge in [-0.05, 0) is 57.0 Å². The van der Waals surface area contributed by atoms with Gasteiger partial charge in [0.05, 0.1) is 0 Å². The molecule has 0 aliphatic heterocycles. The highest BCUT2D eigenvalue weighted by atomic mass is 79.9. The van der Waals surface area contributed by atoms with Gasteiger partial charge in [-0.25, -0.2) is 0 Å². The van der Waals surface area contributed by atoms with Crippen LogP contribution in [0.4, 0.5) is 0 Å². The molecule has 1 aliphatic carbocycles. The number of hydrogen-bond donors (Lipinski definition) is 1. The minimum absolute atomic E-state index is 0.317. The summed E-state index contributed by atoms with van der Waals surface area (Å²) in [7, 11) is 2.20. The second kappa shape index (κ2) is 6.57. The molecule has 0 amide bonds. The smallest absolute Gasteiger partial charge is 0.0464 e. The average Bonchev–Trinajstić information content (AvgIpc) is 2.85. The van der Waals surface area contributed by atoms with Crippen molar-refractivity contribution in [3.8, 4) is 0 Å². The van der Waals surface area contributed by atoms with Crippen LogP contribution in [0.3, 0.4) is 0 Å². The van der Waals surface area contributed by atoms with Gasteiger partial charge in [0, 0.05) is 21.6 Å². The third-order valence-corrected chi connectivity index (χ3v) is 5.29. The molecule has 1 aliphatic rings. The molecular weight excluding hydrogens is 324 g/mol. The lowest BCUT2D eigenvalue weighted by Crippen LogP contribution is -2.39. The van der Waals surface area contributed by atoms with Crippen LogP contribution in [0.5, 0.6) is 0 Å². The fraction of sp³-hybridized carbons (Fsp3) is 0.600. The van der Waals surface area contributed by atoms with Crippen LogP contribution in [-0.4, -0.2) is 24.5 Å². The lowest BCUT2D eigenvalue weighted by atomic mass is 9.99. The first-order valence-electron chi connectivity index (χ1n) is 6.91. The second-order valence-electron chi connectivity index (χ2n) is 5.50. The van der Waals surface area contributed by atoms with Crippen molar-refractivity contribution in [1.82, 2.24) is 4.90 Å². The van der Waals surface area contributed by atoms with E-state index in [4.69, 9.17) is 17.3 Å². The van der Waals surface area contributed by atoms with E-state index < -0.39 is 0 Å². The first-order valence-corrected chi connectivity index (χ1v) is 8.08. The van der Waals surface area contributed by atoms with Crippen molar-refractivity contribution in [2.75, 3.05) is 13.6 Å². The molecule has 0 radical (unpaired) electrons. The molecular formula is C15H22BrClN2. The zero-order valence-corrected chi connectivity index (χ0v) is 13.9. The van der Waals surface area contributed by atoms with E-state index in [1.54, 1.807) is 0 Å². The molecule has 0 spiro atoms. The fourth-order valence-corrected chi connectivity index (χ4v) is 4.01. The predicted octanol–water partition coefficient (Wildman–Crippen LogP) is 4.22. The molecule has 1 aromatic rings. The van der Waals surface area contributed by atoms with Crippen LogP contribution in [0.25, 0.3) is 0 Å². The summed E-state index contributed by atoms with van der Waals surface area (Å²) in [6.45, 7) is 3.01. The molecule has 3 atom stereocenters. The molecule has 1 fully saturated rings. The largest absolute Gasteiger partial charge is 0.330 e. The molecule has 3 unspecified atom stereocenters. The summed E-state index contributed by atoms with van der Waals surface area (Å²) in [6.07, 6.45) is 3.79. The van der Waals surface area contributed by atoms with E-state index >= 15 is 0 Å². The van der Waals surface area contributed by atoms with Crippen molar-refractivity contribution in [2.24, 2.45) is 11.7 Å². The van der Waals surface area contributed by atoms with Gasteiger partial charge < -0.3 is 5.73 Å². The summed E-state index contributed by atoms with van der Waals surface area (Å²) < 4.78 is 1.02. The first kappa shape index (κ1) is 15.3. The Kier molecular flexibility index (Phi) is 5.29. The highest BCUT2D eigenvalue weighted by molar-refractivity contribution is 9.10. The normalized spacial score (nSPS) is 24.9. The Morgan fingerprint density at radius 2 is 2.21 bits per heavy atom. The molecule has 2 rings (SSSR count). The van der Waals surface area contributed by atoms with Crippen molar-refractivity contribution in [1.29, 1.82) is 0 Å². The van der Waals surface area contributed by atoms with Gasteiger partial charge in [0.2, 0.25) is 0 Å². The molecule has 4 heteroatoms. The molecule has 0 bridgehead atoms. The van der Waals surface area contributed by atoms with Crippen molar-refractivity contribution < 1.29 is 0 Å². The minimum Gasteiger partial charge on any atom is -0.330 e. The van der Waals surface area contributed by atoms with E-state index in [9.17, 15) is 0 Å². The number of rotatable bonds is 4. The standard InChI is InChI=1S/C15H22BrClN2/c1-10(13-7-6-12(16)8-14(13)17)19(2)15-5-3-4-11(15)9-18/h6-8,10-11,15H,3-5,9,18H2,1-2H3. The van der Waals surface area contributed by atoms with Gasteiger partial charge >= 0.3 is 0 Å².